The van der Waals surface area contributed by atoms with Crippen LogP contribution in [0.25, 0.3) is 0 Å². The van der Waals surface area contributed by atoms with Gasteiger partial charge >= 0.3 is 0 Å². The van der Waals surface area contributed by atoms with Crippen LogP contribution in [0.2, 0.25) is 0 Å². The number of halogens is 1. The molecule has 0 atom stereocenters. The van der Waals surface area contributed by atoms with Gasteiger partial charge in [-0.2, -0.15) is 0 Å². The van der Waals surface area contributed by atoms with Gasteiger partial charge in [0.05, 0.1) is 12.7 Å². The average Bonchev–Trinajstić information content (AvgIpc) is 2.41. The lowest BCUT2D eigenvalue weighted by Crippen LogP contribution is -2.13. The monoisotopic (exact) mass is 336 g/mol. The van der Waals surface area contributed by atoms with E-state index in [1.165, 1.54) is 13.2 Å². The summed E-state index contributed by atoms with van der Waals surface area (Å²) in [4.78, 5) is 12.1. The summed E-state index contributed by atoms with van der Waals surface area (Å²) in [6.07, 6.45) is 0. The van der Waals surface area contributed by atoms with Gasteiger partial charge in [-0.1, -0.05) is 0 Å². The van der Waals surface area contributed by atoms with E-state index in [1.54, 1.807) is 30.3 Å². The Hall–Kier alpha value is -2.21. The number of aromatic hydroxyl groups is 1. The molecule has 0 aliphatic heterocycles. The second-order valence-electron chi connectivity index (χ2n) is 4.08. The van der Waals surface area contributed by atoms with Gasteiger partial charge in [0.25, 0.3) is 5.91 Å². The molecule has 104 valence electrons. The first kappa shape index (κ1) is 14.2. The lowest BCUT2D eigenvalue weighted by molar-refractivity contribution is 0.102. The maximum absolute atomic E-state index is 12.1. The number of methoxy groups -OCH3 is 1. The highest BCUT2D eigenvalue weighted by molar-refractivity contribution is 9.10. The lowest BCUT2D eigenvalue weighted by Gasteiger charge is -2.09. The van der Waals surface area contributed by atoms with E-state index in [4.69, 9.17) is 10.5 Å². The van der Waals surface area contributed by atoms with Crippen LogP contribution in [0.1, 0.15) is 10.4 Å². The minimum Gasteiger partial charge on any atom is -0.504 e. The summed E-state index contributed by atoms with van der Waals surface area (Å²) in [6.45, 7) is 0. The second kappa shape index (κ2) is 5.83. The van der Waals surface area contributed by atoms with E-state index in [1.807, 2.05) is 0 Å². The second-order valence-corrected chi connectivity index (χ2v) is 4.93. The molecule has 0 saturated carbocycles. The molecule has 0 radical (unpaired) electrons. The van der Waals surface area contributed by atoms with Crippen molar-refractivity contribution in [2.75, 3.05) is 18.2 Å². The van der Waals surface area contributed by atoms with E-state index in [2.05, 4.69) is 21.2 Å². The number of nitrogens with two attached hydrogens (primary N) is 1. The molecule has 2 aromatic carbocycles. The van der Waals surface area contributed by atoms with Crippen LogP contribution < -0.4 is 15.8 Å². The van der Waals surface area contributed by atoms with Gasteiger partial charge < -0.3 is 20.9 Å². The maximum atomic E-state index is 12.1. The summed E-state index contributed by atoms with van der Waals surface area (Å²) in [5.74, 6) is -0.0289. The van der Waals surface area contributed by atoms with Crippen LogP contribution in [-0.4, -0.2) is 18.1 Å². The average molecular weight is 337 g/mol. The molecule has 1 amide bonds. The summed E-state index contributed by atoms with van der Waals surface area (Å²) >= 11 is 3.30. The molecule has 0 fully saturated rings. The van der Waals surface area contributed by atoms with Crippen molar-refractivity contribution in [1.29, 1.82) is 0 Å². The summed E-state index contributed by atoms with van der Waals surface area (Å²) in [7, 11) is 1.46. The summed E-state index contributed by atoms with van der Waals surface area (Å²) < 4.78 is 5.58. The number of ether oxygens (including phenoxy) is 1. The van der Waals surface area contributed by atoms with Crippen molar-refractivity contribution < 1.29 is 14.6 Å². The summed E-state index contributed by atoms with van der Waals surface area (Å²) in [6, 6.07) is 9.59. The molecule has 5 nitrogen and oxygen atoms in total. The van der Waals surface area contributed by atoms with E-state index in [-0.39, 0.29) is 11.7 Å². The molecule has 0 unspecified atom stereocenters. The highest BCUT2D eigenvalue weighted by Gasteiger charge is 2.12. The zero-order valence-corrected chi connectivity index (χ0v) is 12.3. The number of carbonyl (C=O) groups excluding carboxylic acids is 1. The molecule has 0 saturated heterocycles. The molecular formula is C14H13BrN2O3. The number of benzene rings is 2. The number of hydrogen-bond acceptors (Lipinski definition) is 4. The van der Waals surface area contributed by atoms with Crippen molar-refractivity contribution in [3.05, 3.63) is 46.4 Å². The van der Waals surface area contributed by atoms with E-state index in [9.17, 15) is 9.90 Å². The molecule has 0 aliphatic carbocycles. The highest BCUT2D eigenvalue weighted by Crippen LogP contribution is 2.29. The lowest BCUT2D eigenvalue weighted by atomic mass is 10.2. The SMILES string of the molecule is COc1ccc(NC(=O)c2cc(N)ccc2Br)cc1O. The van der Waals surface area contributed by atoms with Crippen molar-refractivity contribution in [2.45, 2.75) is 0 Å². The van der Waals surface area contributed by atoms with Gasteiger partial charge in [0.1, 0.15) is 0 Å². The predicted octanol–water partition coefficient (Wildman–Crippen LogP) is 3.00. The molecule has 2 rings (SSSR count). The Morgan fingerprint density at radius 3 is 2.70 bits per heavy atom. The number of anilines is 2. The van der Waals surface area contributed by atoms with Gasteiger partial charge in [-0.3, -0.25) is 4.79 Å². The van der Waals surface area contributed by atoms with Crippen molar-refractivity contribution in [3.63, 3.8) is 0 Å². The number of carbonyl (C=O) groups is 1. The Balaban J connectivity index is 2.23. The molecule has 6 heteroatoms. The fraction of sp³-hybridized carbons (Fsp3) is 0.0714. The summed E-state index contributed by atoms with van der Waals surface area (Å²) in [5, 5.41) is 12.3. The summed E-state index contributed by atoms with van der Waals surface area (Å²) in [5.41, 5.74) is 7.04. The van der Waals surface area contributed by atoms with E-state index < -0.39 is 0 Å². The topological polar surface area (TPSA) is 84.6 Å². The molecule has 2 aromatic rings. The molecule has 20 heavy (non-hydrogen) atoms. The molecule has 0 heterocycles. The molecule has 0 bridgehead atoms. The van der Waals surface area contributed by atoms with Crippen LogP contribution in [0.15, 0.2) is 40.9 Å². The van der Waals surface area contributed by atoms with Gasteiger partial charge in [-0.05, 0) is 46.3 Å². The van der Waals surface area contributed by atoms with Gasteiger partial charge in [0.15, 0.2) is 11.5 Å². The Morgan fingerprint density at radius 1 is 1.30 bits per heavy atom. The van der Waals surface area contributed by atoms with Crippen LogP contribution in [0, 0.1) is 0 Å². The van der Waals surface area contributed by atoms with E-state index in [0.717, 1.165) is 0 Å². The fourth-order valence-corrected chi connectivity index (χ4v) is 2.11. The Labute approximate surface area is 124 Å². The molecule has 0 spiro atoms. The van der Waals surface area contributed by atoms with E-state index in [0.29, 0.717) is 27.2 Å². The predicted molar refractivity (Wildman–Crippen MR) is 81.2 cm³/mol. The van der Waals surface area contributed by atoms with Crippen LogP contribution in [0.5, 0.6) is 11.5 Å². The Kier molecular flexibility index (Phi) is 4.14. The highest BCUT2D eigenvalue weighted by atomic mass is 79.9. The normalized spacial score (nSPS) is 10.1. The number of rotatable bonds is 3. The van der Waals surface area contributed by atoms with E-state index >= 15 is 0 Å². The maximum Gasteiger partial charge on any atom is 0.256 e. The third-order valence-electron chi connectivity index (χ3n) is 2.67. The first-order valence-corrected chi connectivity index (χ1v) is 6.54. The van der Waals surface area contributed by atoms with Crippen molar-refractivity contribution in [2.24, 2.45) is 0 Å². The largest absolute Gasteiger partial charge is 0.504 e. The van der Waals surface area contributed by atoms with Crippen LogP contribution in [0.3, 0.4) is 0 Å². The molecular weight excluding hydrogens is 324 g/mol. The molecule has 0 aliphatic rings. The number of nitrogen functional groups attached to an aromatic ring is 1. The standard InChI is InChI=1S/C14H13BrN2O3/c1-20-13-5-3-9(7-12(13)18)17-14(19)10-6-8(16)2-4-11(10)15/h2-7,18H,16H2,1H3,(H,17,19). The zero-order valence-electron chi connectivity index (χ0n) is 10.7. The number of nitrogens with one attached hydrogen (secondary N) is 1. The first-order chi connectivity index (χ1) is 9.51. The van der Waals surface area contributed by atoms with Crippen LogP contribution >= 0.6 is 15.9 Å². The van der Waals surface area contributed by atoms with Gasteiger partial charge in [0.2, 0.25) is 0 Å². The minimum atomic E-state index is -0.325. The first-order valence-electron chi connectivity index (χ1n) is 5.74. The molecule has 4 N–H and O–H groups in total. The molecule has 0 aromatic heterocycles. The Bertz CT molecular complexity index is 659. The number of phenolic OH excluding ortho intramolecular Hbond substituents is 1. The van der Waals surface area contributed by atoms with Crippen LogP contribution in [0.4, 0.5) is 11.4 Å². The number of amides is 1. The van der Waals surface area contributed by atoms with Crippen molar-refractivity contribution >= 4 is 33.2 Å². The third-order valence-corrected chi connectivity index (χ3v) is 3.36. The smallest absolute Gasteiger partial charge is 0.256 e. The Morgan fingerprint density at radius 2 is 2.05 bits per heavy atom. The number of hydrogen-bond donors (Lipinski definition) is 3. The van der Waals surface area contributed by atoms with Gasteiger partial charge in [-0.15, -0.1) is 0 Å². The zero-order chi connectivity index (χ0) is 14.7. The van der Waals surface area contributed by atoms with Crippen molar-refractivity contribution in [1.82, 2.24) is 0 Å². The van der Waals surface area contributed by atoms with Crippen LogP contribution in [-0.2, 0) is 0 Å². The quantitative estimate of drug-likeness (QED) is 0.752. The number of phenols is 1. The van der Waals surface area contributed by atoms with Gasteiger partial charge in [0, 0.05) is 21.9 Å². The fourth-order valence-electron chi connectivity index (χ4n) is 1.68. The third kappa shape index (κ3) is 3.03. The van der Waals surface area contributed by atoms with Gasteiger partial charge in [-0.25, -0.2) is 0 Å². The minimum absolute atomic E-state index is 0.0445. The van der Waals surface area contributed by atoms with Crippen molar-refractivity contribution in [3.8, 4) is 11.5 Å².